The van der Waals surface area contributed by atoms with E-state index in [9.17, 15) is 14.4 Å². The first-order valence-electron chi connectivity index (χ1n) is 8.23. The second-order valence-electron chi connectivity index (χ2n) is 6.28. The van der Waals surface area contributed by atoms with Gasteiger partial charge >= 0.3 is 6.03 Å². The molecule has 2 atom stereocenters. The van der Waals surface area contributed by atoms with Crippen molar-refractivity contribution in [2.75, 3.05) is 33.2 Å². The summed E-state index contributed by atoms with van der Waals surface area (Å²) in [6.45, 7) is 6.58. The Kier molecular flexibility index (Phi) is 5.95. The molecule has 3 N–H and O–H groups in total. The van der Waals surface area contributed by atoms with Gasteiger partial charge in [0.15, 0.2) is 0 Å². The first kappa shape index (κ1) is 17.7. The summed E-state index contributed by atoms with van der Waals surface area (Å²) in [7, 11) is 1.47. The zero-order valence-corrected chi connectivity index (χ0v) is 14.1. The lowest BCUT2D eigenvalue weighted by Crippen LogP contribution is -2.58. The van der Waals surface area contributed by atoms with Crippen LogP contribution < -0.4 is 16.0 Å². The molecular formula is C15H27N5O3. The zero-order valence-electron chi connectivity index (χ0n) is 14.1. The highest BCUT2D eigenvalue weighted by Crippen LogP contribution is 2.19. The molecule has 130 valence electrons. The van der Waals surface area contributed by atoms with Crippen LogP contribution in [-0.2, 0) is 9.59 Å². The second kappa shape index (κ2) is 7.74. The minimum absolute atomic E-state index is 0.0892. The van der Waals surface area contributed by atoms with E-state index >= 15 is 0 Å². The Morgan fingerprint density at radius 1 is 0.913 bits per heavy atom. The molecule has 0 bridgehead atoms. The summed E-state index contributed by atoms with van der Waals surface area (Å²) in [4.78, 5) is 39.4. The minimum atomic E-state index is -0.495. The highest BCUT2D eigenvalue weighted by molar-refractivity contribution is 5.96. The second-order valence-corrected chi connectivity index (χ2v) is 6.28. The van der Waals surface area contributed by atoms with Gasteiger partial charge in [-0.25, -0.2) is 4.79 Å². The van der Waals surface area contributed by atoms with Crippen LogP contribution in [0.2, 0.25) is 0 Å². The lowest BCUT2D eigenvalue weighted by atomic mass is 10.1. The maximum absolute atomic E-state index is 12.1. The van der Waals surface area contributed by atoms with E-state index in [1.165, 1.54) is 7.05 Å². The predicted octanol–water partition coefficient (Wildman–Crippen LogP) is -0.885. The van der Waals surface area contributed by atoms with E-state index in [1.807, 2.05) is 11.8 Å². The molecular weight excluding hydrogens is 298 g/mol. The number of carbonyl (C=O) groups is 3. The van der Waals surface area contributed by atoms with E-state index in [0.29, 0.717) is 19.1 Å². The summed E-state index contributed by atoms with van der Waals surface area (Å²) in [6.07, 6.45) is 2.18. The molecule has 0 aromatic carbocycles. The number of hydrogen-bond acceptors (Lipinski definition) is 5. The first-order chi connectivity index (χ1) is 10.9. The van der Waals surface area contributed by atoms with Crippen molar-refractivity contribution in [2.45, 2.75) is 44.8 Å². The minimum Gasteiger partial charge on any atom is -0.352 e. The van der Waals surface area contributed by atoms with Crippen LogP contribution in [0.25, 0.3) is 0 Å². The summed E-state index contributed by atoms with van der Waals surface area (Å²) in [5.74, 6) is -0.219. The third-order valence-electron chi connectivity index (χ3n) is 4.59. The monoisotopic (exact) mass is 325 g/mol. The van der Waals surface area contributed by atoms with Crippen molar-refractivity contribution >= 4 is 17.8 Å². The fourth-order valence-corrected chi connectivity index (χ4v) is 2.67. The normalized spacial score (nSPS) is 22.0. The maximum atomic E-state index is 12.1. The van der Waals surface area contributed by atoms with Gasteiger partial charge in [0.25, 0.3) is 0 Å². The van der Waals surface area contributed by atoms with Crippen LogP contribution in [-0.4, -0.2) is 79.0 Å². The molecule has 23 heavy (non-hydrogen) atoms. The molecule has 2 fully saturated rings. The smallest absolute Gasteiger partial charge is 0.321 e. The van der Waals surface area contributed by atoms with Gasteiger partial charge in [-0.1, -0.05) is 0 Å². The Bertz CT molecular complexity index is 458. The fourth-order valence-electron chi connectivity index (χ4n) is 2.67. The third kappa shape index (κ3) is 4.90. The molecule has 0 radical (unpaired) electrons. The molecule has 2 rings (SSSR count). The zero-order chi connectivity index (χ0) is 17.0. The van der Waals surface area contributed by atoms with Crippen LogP contribution in [0.15, 0.2) is 0 Å². The SMILES string of the molecule is CNC(=O)NC(=O)C(C)N1CCN(C(C)C(=O)NC2CC2)CC1. The lowest BCUT2D eigenvalue weighted by Gasteiger charge is -2.39. The molecule has 0 aromatic heterocycles. The summed E-state index contributed by atoms with van der Waals surface area (Å²) in [5.41, 5.74) is 0. The number of imide groups is 1. The molecule has 8 nitrogen and oxygen atoms in total. The Balaban J connectivity index is 1.77. The van der Waals surface area contributed by atoms with Crippen LogP contribution in [0.5, 0.6) is 0 Å². The van der Waals surface area contributed by atoms with Crippen molar-refractivity contribution in [1.29, 1.82) is 0 Å². The van der Waals surface area contributed by atoms with E-state index in [2.05, 4.69) is 20.9 Å². The van der Waals surface area contributed by atoms with Gasteiger partial charge in [-0.05, 0) is 26.7 Å². The number of amides is 4. The van der Waals surface area contributed by atoms with Gasteiger partial charge in [-0.15, -0.1) is 0 Å². The molecule has 2 unspecified atom stereocenters. The van der Waals surface area contributed by atoms with Gasteiger partial charge in [-0.3, -0.25) is 24.7 Å². The van der Waals surface area contributed by atoms with Gasteiger partial charge < -0.3 is 10.6 Å². The van der Waals surface area contributed by atoms with Crippen molar-refractivity contribution in [1.82, 2.24) is 25.8 Å². The Labute approximate surface area is 136 Å². The summed E-state index contributed by atoms with van der Waals surface area (Å²) in [5, 5.41) is 7.69. The van der Waals surface area contributed by atoms with Crippen molar-refractivity contribution in [3.05, 3.63) is 0 Å². The van der Waals surface area contributed by atoms with Gasteiger partial charge in [0.05, 0.1) is 12.1 Å². The highest BCUT2D eigenvalue weighted by atomic mass is 16.2. The topological polar surface area (TPSA) is 93.8 Å². The van der Waals surface area contributed by atoms with E-state index in [0.717, 1.165) is 25.9 Å². The standard InChI is InChI=1S/C15H27N5O3/c1-10(13(21)17-12-4-5-12)19-6-8-20(9-7-19)11(2)14(22)18-15(23)16-3/h10-12H,4-9H2,1-3H3,(H,17,21)(H2,16,18,22,23). The number of urea groups is 1. The molecule has 1 heterocycles. The molecule has 8 heteroatoms. The number of piperazine rings is 1. The average Bonchev–Trinajstić information content (AvgIpc) is 3.37. The van der Waals surface area contributed by atoms with E-state index < -0.39 is 6.03 Å². The van der Waals surface area contributed by atoms with Crippen molar-refractivity contribution in [3.8, 4) is 0 Å². The molecule has 1 aliphatic carbocycles. The Morgan fingerprint density at radius 3 is 1.83 bits per heavy atom. The summed E-state index contributed by atoms with van der Waals surface area (Å²) in [6, 6.07) is -0.636. The van der Waals surface area contributed by atoms with Crippen molar-refractivity contribution in [2.24, 2.45) is 0 Å². The molecule has 1 saturated carbocycles. The highest BCUT2D eigenvalue weighted by Gasteiger charge is 2.32. The van der Waals surface area contributed by atoms with Gasteiger partial charge in [0.2, 0.25) is 11.8 Å². The molecule has 2 aliphatic rings. The van der Waals surface area contributed by atoms with Crippen LogP contribution in [0.4, 0.5) is 4.79 Å². The fraction of sp³-hybridized carbons (Fsp3) is 0.800. The number of nitrogens with zero attached hydrogens (tertiary/aromatic N) is 2. The van der Waals surface area contributed by atoms with Crippen molar-refractivity contribution in [3.63, 3.8) is 0 Å². The molecule has 1 aliphatic heterocycles. The number of hydrogen-bond donors (Lipinski definition) is 3. The molecule has 0 spiro atoms. The van der Waals surface area contributed by atoms with Gasteiger partial charge in [-0.2, -0.15) is 0 Å². The number of carbonyl (C=O) groups excluding carboxylic acids is 3. The Morgan fingerprint density at radius 2 is 1.39 bits per heavy atom. The largest absolute Gasteiger partial charge is 0.352 e. The number of rotatable bonds is 5. The summed E-state index contributed by atoms with van der Waals surface area (Å²) >= 11 is 0. The maximum Gasteiger partial charge on any atom is 0.321 e. The average molecular weight is 325 g/mol. The third-order valence-corrected chi connectivity index (χ3v) is 4.59. The van der Waals surface area contributed by atoms with E-state index in [1.54, 1.807) is 6.92 Å². The van der Waals surface area contributed by atoms with Crippen molar-refractivity contribution < 1.29 is 14.4 Å². The van der Waals surface area contributed by atoms with Crippen LogP contribution >= 0.6 is 0 Å². The lowest BCUT2D eigenvalue weighted by molar-refractivity contribution is -0.129. The Hall–Kier alpha value is -1.67. The van der Waals surface area contributed by atoms with Crippen LogP contribution in [0, 0.1) is 0 Å². The van der Waals surface area contributed by atoms with Gasteiger partial charge in [0, 0.05) is 39.3 Å². The molecule has 0 aromatic rings. The predicted molar refractivity (Wildman–Crippen MR) is 85.8 cm³/mol. The first-order valence-corrected chi connectivity index (χ1v) is 8.23. The molecule has 4 amide bonds. The van der Waals surface area contributed by atoms with E-state index in [-0.39, 0.29) is 23.9 Å². The molecule has 1 saturated heterocycles. The van der Waals surface area contributed by atoms with E-state index in [4.69, 9.17) is 0 Å². The van der Waals surface area contributed by atoms with Gasteiger partial charge in [0.1, 0.15) is 0 Å². The quantitative estimate of drug-likeness (QED) is 0.610. The summed E-state index contributed by atoms with van der Waals surface area (Å²) < 4.78 is 0. The number of nitrogens with one attached hydrogen (secondary N) is 3. The van der Waals surface area contributed by atoms with Crippen LogP contribution in [0.3, 0.4) is 0 Å². The van der Waals surface area contributed by atoms with Crippen LogP contribution in [0.1, 0.15) is 26.7 Å².